The summed E-state index contributed by atoms with van der Waals surface area (Å²) in [6.07, 6.45) is 4.01. The van der Waals surface area contributed by atoms with Crippen molar-refractivity contribution >= 4 is 5.91 Å². The first-order valence-corrected chi connectivity index (χ1v) is 10.1. The standard InChI is InChI=1S/C21H26N6O2/c1-14(2)20-22-21(29-24-20)18-13-27(25-23-18)17-7-9-26(10-8-17)19(28)12-16-6-4-5-15(3)11-16/h4-6,11,13-14,17H,7-10,12H2,1-3H3. The molecule has 3 aromatic rings. The number of amides is 1. The first kappa shape index (κ1) is 19.3. The number of hydrogen-bond acceptors (Lipinski definition) is 6. The minimum Gasteiger partial charge on any atom is -0.342 e. The van der Waals surface area contributed by atoms with Crippen LogP contribution in [0.2, 0.25) is 0 Å². The normalized spacial score (nSPS) is 15.2. The minimum absolute atomic E-state index is 0.181. The fourth-order valence-electron chi connectivity index (χ4n) is 3.61. The van der Waals surface area contributed by atoms with Gasteiger partial charge >= 0.3 is 0 Å². The molecule has 3 heterocycles. The Morgan fingerprint density at radius 1 is 1.28 bits per heavy atom. The first-order valence-electron chi connectivity index (χ1n) is 10.1. The lowest BCUT2D eigenvalue weighted by atomic mass is 10.0. The Bertz CT molecular complexity index is 984. The van der Waals surface area contributed by atoms with Gasteiger partial charge in [-0.15, -0.1) is 5.10 Å². The second kappa shape index (κ2) is 8.14. The molecule has 0 aliphatic carbocycles. The molecule has 1 saturated heterocycles. The molecule has 0 bridgehead atoms. The van der Waals surface area contributed by atoms with Crippen LogP contribution in [0.25, 0.3) is 11.6 Å². The van der Waals surface area contributed by atoms with Crippen molar-refractivity contribution in [2.45, 2.75) is 52.0 Å². The molecule has 1 aliphatic rings. The van der Waals surface area contributed by atoms with Crippen molar-refractivity contribution in [3.63, 3.8) is 0 Å². The summed E-state index contributed by atoms with van der Waals surface area (Å²) < 4.78 is 7.15. The number of carbonyl (C=O) groups excluding carboxylic acids is 1. The average molecular weight is 394 g/mol. The molecule has 0 radical (unpaired) electrons. The van der Waals surface area contributed by atoms with Gasteiger partial charge in [0.25, 0.3) is 5.89 Å². The Morgan fingerprint density at radius 3 is 2.76 bits per heavy atom. The molecule has 1 aromatic carbocycles. The van der Waals surface area contributed by atoms with E-state index in [0.717, 1.165) is 31.5 Å². The van der Waals surface area contributed by atoms with Crippen LogP contribution in [-0.2, 0) is 11.2 Å². The van der Waals surface area contributed by atoms with Crippen molar-refractivity contribution in [2.24, 2.45) is 0 Å². The number of benzene rings is 1. The van der Waals surface area contributed by atoms with Crippen LogP contribution < -0.4 is 0 Å². The monoisotopic (exact) mass is 394 g/mol. The Morgan fingerprint density at radius 2 is 2.07 bits per heavy atom. The summed E-state index contributed by atoms with van der Waals surface area (Å²) in [4.78, 5) is 19.0. The van der Waals surface area contributed by atoms with Crippen molar-refractivity contribution in [2.75, 3.05) is 13.1 Å². The summed E-state index contributed by atoms with van der Waals surface area (Å²) in [6.45, 7) is 7.52. The molecule has 0 spiro atoms. The van der Waals surface area contributed by atoms with Gasteiger partial charge in [-0.3, -0.25) is 4.79 Å². The topological polar surface area (TPSA) is 89.9 Å². The van der Waals surface area contributed by atoms with E-state index in [2.05, 4.69) is 26.5 Å². The quantitative estimate of drug-likeness (QED) is 0.660. The molecule has 8 nitrogen and oxygen atoms in total. The summed E-state index contributed by atoms with van der Waals surface area (Å²) in [6, 6.07) is 8.34. The molecule has 0 N–H and O–H groups in total. The van der Waals surface area contributed by atoms with Crippen LogP contribution >= 0.6 is 0 Å². The first-order chi connectivity index (χ1) is 14.0. The SMILES string of the molecule is Cc1cccc(CC(=O)N2CCC(n3cc(-c4nc(C(C)C)no4)nn3)CC2)c1. The number of rotatable bonds is 5. The number of aromatic nitrogens is 5. The van der Waals surface area contributed by atoms with E-state index >= 15 is 0 Å². The van der Waals surface area contributed by atoms with Crippen molar-refractivity contribution in [1.82, 2.24) is 30.0 Å². The summed E-state index contributed by atoms with van der Waals surface area (Å²) in [7, 11) is 0. The predicted molar refractivity (Wildman–Crippen MR) is 107 cm³/mol. The van der Waals surface area contributed by atoms with E-state index in [4.69, 9.17) is 4.52 Å². The lowest BCUT2D eigenvalue weighted by molar-refractivity contribution is -0.131. The molecular formula is C21H26N6O2. The molecule has 0 atom stereocenters. The van der Waals surface area contributed by atoms with E-state index < -0.39 is 0 Å². The lowest BCUT2D eigenvalue weighted by Gasteiger charge is -2.32. The van der Waals surface area contributed by atoms with Crippen molar-refractivity contribution in [1.29, 1.82) is 0 Å². The van der Waals surface area contributed by atoms with Gasteiger partial charge in [-0.1, -0.05) is 54.0 Å². The molecule has 8 heteroatoms. The summed E-state index contributed by atoms with van der Waals surface area (Å²) in [5.74, 6) is 1.44. The van der Waals surface area contributed by atoms with Gasteiger partial charge in [-0.05, 0) is 25.3 Å². The maximum atomic E-state index is 12.6. The Kier molecular flexibility index (Phi) is 5.42. The molecule has 4 rings (SSSR count). The third kappa shape index (κ3) is 4.36. The lowest BCUT2D eigenvalue weighted by Crippen LogP contribution is -2.40. The van der Waals surface area contributed by atoms with Gasteiger partial charge in [0.1, 0.15) is 0 Å². The van der Waals surface area contributed by atoms with E-state index in [1.165, 1.54) is 5.56 Å². The molecule has 29 heavy (non-hydrogen) atoms. The minimum atomic E-state index is 0.181. The number of piperidine rings is 1. The maximum Gasteiger partial charge on any atom is 0.280 e. The van der Waals surface area contributed by atoms with Gasteiger partial charge in [0.2, 0.25) is 5.91 Å². The highest BCUT2D eigenvalue weighted by Crippen LogP contribution is 2.24. The van der Waals surface area contributed by atoms with Crippen LogP contribution in [-0.4, -0.2) is 49.0 Å². The fraction of sp³-hybridized carbons (Fsp3) is 0.476. The van der Waals surface area contributed by atoms with Crippen LogP contribution in [0.3, 0.4) is 0 Å². The second-order valence-corrected chi connectivity index (χ2v) is 7.97. The van der Waals surface area contributed by atoms with E-state index in [0.29, 0.717) is 23.8 Å². The number of likely N-dealkylation sites (tertiary alicyclic amines) is 1. The van der Waals surface area contributed by atoms with Crippen LogP contribution in [0.5, 0.6) is 0 Å². The summed E-state index contributed by atoms with van der Waals surface area (Å²) in [5.41, 5.74) is 2.83. The fourth-order valence-corrected chi connectivity index (χ4v) is 3.61. The Balaban J connectivity index is 1.35. The highest BCUT2D eigenvalue weighted by Gasteiger charge is 2.25. The van der Waals surface area contributed by atoms with Crippen LogP contribution in [0.4, 0.5) is 0 Å². The van der Waals surface area contributed by atoms with Gasteiger partial charge < -0.3 is 9.42 Å². The second-order valence-electron chi connectivity index (χ2n) is 7.97. The molecule has 1 amide bonds. The number of carbonyl (C=O) groups is 1. The number of nitrogens with zero attached hydrogens (tertiary/aromatic N) is 6. The zero-order chi connectivity index (χ0) is 20.4. The van der Waals surface area contributed by atoms with E-state index in [9.17, 15) is 4.79 Å². The maximum absolute atomic E-state index is 12.6. The zero-order valence-electron chi connectivity index (χ0n) is 17.1. The van der Waals surface area contributed by atoms with Gasteiger partial charge in [0.05, 0.1) is 18.7 Å². The van der Waals surface area contributed by atoms with E-state index in [1.54, 1.807) is 0 Å². The highest BCUT2D eigenvalue weighted by atomic mass is 16.5. The third-order valence-corrected chi connectivity index (χ3v) is 5.32. The molecule has 0 saturated carbocycles. The van der Waals surface area contributed by atoms with Crippen LogP contribution in [0, 0.1) is 6.92 Å². The van der Waals surface area contributed by atoms with Crippen molar-refractivity contribution in [3.8, 4) is 11.6 Å². The third-order valence-electron chi connectivity index (χ3n) is 5.32. The van der Waals surface area contributed by atoms with Crippen LogP contribution in [0.15, 0.2) is 35.0 Å². The summed E-state index contributed by atoms with van der Waals surface area (Å²) in [5, 5.41) is 12.4. The molecular weight excluding hydrogens is 368 g/mol. The zero-order valence-corrected chi connectivity index (χ0v) is 17.1. The molecule has 152 valence electrons. The van der Waals surface area contributed by atoms with Crippen molar-refractivity contribution < 1.29 is 9.32 Å². The molecule has 0 unspecified atom stereocenters. The van der Waals surface area contributed by atoms with Gasteiger partial charge in [-0.2, -0.15) is 4.98 Å². The molecule has 1 aliphatic heterocycles. The van der Waals surface area contributed by atoms with Gasteiger partial charge in [0, 0.05) is 19.0 Å². The molecule has 1 fully saturated rings. The van der Waals surface area contributed by atoms with Crippen LogP contribution in [0.1, 0.15) is 55.6 Å². The molecule has 2 aromatic heterocycles. The number of aryl methyl sites for hydroxylation is 1. The van der Waals surface area contributed by atoms with Gasteiger partial charge in [-0.25, -0.2) is 4.68 Å². The van der Waals surface area contributed by atoms with E-state index in [-0.39, 0.29) is 17.9 Å². The average Bonchev–Trinajstić information content (AvgIpc) is 3.38. The Hall–Kier alpha value is -3.03. The smallest absolute Gasteiger partial charge is 0.280 e. The highest BCUT2D eigenvalue weighted by molar-refractivity contribution is 5.78. The van der Waals surface area contributed by atoms with E-state index in [1.807, 2.05) is 54.7 Å². The predicted octanol–water partition coefficient (Wildman–Crippen LogP) is 3.17. The number of hydrogen-bond donors (Lipinski definition) is 0. The van der Waals surface area contributed by atoms with Gasteiger partial charge in [0.15, 0.2) is 11.5 Å². The summed E-state index contributed by atoms with van der Waals surface area (Å²) >= 11 is 0. The largest absolute Gasteiger partial charge is 0.342 e. The van der Waals surface area contributed by atoms with Crippen molar-refractivity contribution in [3.05, 3.63) is 47.4 Å². The Labute approximate surface area is 169 Å².